The molecule has 0 saturated heterocycles. The summed E-state index contributed by atoms with van der Waals surface area (Å²) in [6.45, 7) is 1.84. The van der Waals surface area contributed by atoms with Crippen LogP contribution in [0.4, 0.5) is 0 Å². The maximum atomic E-state index is 13.1. The topological polar surface area (TPSA) is 121 Å². The average Bonchev–Trinajstić information content (AvgIpc) is 2.72. The quantitative estimate of drug-likeness (QED) is 0.347. The van der Waals surface area contributed by atoms with E-state index in [1.165, 1.54) is 25.3 Å². The van der Waals surface area contributed by atoms with Crippen LogP contribution >= 0.6 is 0 Å². The van der Waals surface area contributed by atoms with Crippen LogP contribution in [-0.2, 0) is 16.0 Å². The van der Waals surface area contributed by atoms with E-state index < -0.39 is 35.0 Å². The fourth-order valence-electron chi connectivity index (χ4n) is 4.25. The van der Waals surface area contributed by atoms with E-state index in [1.54, 1.807) is 6.08 Å². The zero-order valence-electron chi connectivity index (χ0n) is 15.8. The number of phenols is 3. The van der Waals surface area contributed by atoms with Gasteiger partial charge in [-0.25, -0.2) is 0 Å². The van der Waals surface area contributed by atoms with Crippen LogP contribution in [0, 0.1) is 0 Å². The summed E-state index contributed by atoms with van der Waals surface area (Å²) in [5, 5.41) is 32.0. The Balaban J connectivity index is 2.07. The van der Waals surface area contributed by atoms with E-state index in [0.29, 0.717) is 12.0 Å². The van der Waals surface area contributed by atoms with Gasteiger partial charge in [-0.1, -0.05) is 30.7 Å². The third-order valence-electron chi connectivity index (χ3n) is 5.63. The molecule has 2 aliphatic rings. The van der Waals surface area contributed by atoms with Crippen LogP contribution in [0.25, 0.3) is 0 Å². The lowest BCUT2D eigenvalue weighted by molar-refractivity contribution is -0.141. The van der Waals surface area contributed by atoms with E-state index in [1.807, 2.05) is 6.92 Å². The molecule has 148 valence electrons. The standard InChI is InChI=1S/C22H18O7/c1-3-9-7-8-11-15(13(9)22(28)29-2)21(27)17-16(19(11)25)20(26)14-10(18(17)24)5-4-6-12(14)23/h4-7,13,23,25,27H,3,8H2,1-2H3/t13-/m0/s1. The first-order valence-electron chi connectivity index (χ1n) is 9.12. The first kappa shape index (κ1) is 18.7. The van der Waals surface area contributed by atoms with Gasteiger partial charge in [0.25, 0.3) is 0 Å². The normalized spacial score (nSPS) is 17.2. The first-order valence-corrected chi connectivity index (χ1v) is 9.12. The van der Waals surface area contributed by atoms with Crippen LogP contribution in [0.5, 0.6) is 17.2 Å². The van der Waals surface area contributed by atoms with Crippen molar-refractivity contribution in [1.82, 2.24) is 0 Å². The second-order valence-electron chi connectivity index (χ2n) is 6.99. The van der Waals surface area contributed by atoms with Crippen molar-refractivity contribution in [2.75, 3.05) is 7.11 Å². The number of fused-ring (bicyclic) bond motifs is 3. The Kier molecular flexibility index (Phi) is 4.19. The third-order valence-corrected chi connectivity index (χ3v) is 5.63. The molecule has 7 nitrogen and oxygen atoms in total. The maximum absolute atomic E-state index is 13.1. The number of rotatable bonds is 2. The minimum absolute atomic E-state index is 0.0752. The van der Waals surface area contributed by atoms with Gasteiger partial charge in [-0.15, -0.1) is 0 Å². The van der Waals surface area contributed by atoms with Gasteiger partial charge < -0.3 is 20.1 Å². The summed E-state index contributed by atoms with van der Waals surface area (Å²) < 4.78 is 4.88. The Hall–Kier alpha value is -3.61. The van der Waals surface area contributed by atoms with Gasteiger partial charge in [0.2, 0.25) is 5.78 Å². The minimum atomic E-state index is -0.988. The highest BCUT2D eigenvalue weighted by Crippen LogP contribution is 2.50. The SMILES string of the molecule is CCC1=CCc2c(O)c3c(c(O)c2[C@H]1C(=O)OC)C(=O)c1cccc(O)c1C3=O. The Morgan fingerprint density at radius 2 is 1.76 bits per heavy atom. The van der Waals surface area contributed by atoms with E-state index >= 15 is 0 Å². The smallest absolute Gasteiger partial charge is 0.317 e. The molecule has 3 N–H and O–H groups in total. The number of carbonyl (C=O) groups is 3. The molecule has 0 unspecified atom stereocenters. The molecule has 0 amide bonds. The molecular formula is C22H18O7. The zero-order chi connectivity index (χ0) is 21.0. The van der Waals surface area contributed by atoms with Crippen molar-refractivity contribution in [3.63, 3.8) is 0 Å². The summed E-state index contributed by atoms with van der Waals surface area (Å²) in [4.78, 5) is 38.6. The molecular weight excluding hydrogens is 376 g/mol. The summed E-state index contributed by atoms with van der Waals surface area (Å²) in [5.74, 6) is -4.47. The van der Waals surface area contributed by atoms with E-state index in [0.717, 1.165) is 0 Å². The van der Waals surface area contributed by atoms with Gasteiger partial charge in [0.05, 0.1) is 23.8 Å². The molecule has 0 radical (unpaired) electrons. The largest absolute Gasteiger partial charge is 0.507 e. The minimum Gasteiger partial charge on any atom is -0.507 e. The highest BCUT2D eigenvalue weighted by atomic mass is 16.5. The van der Waals surface area contributed by atoms with Crippen LogP contribution in [0.15, 0.2) is 29.8 Å². The Morgan fingerprint density at radius 3 is 2.41 bits per heavy atom. The number of benzene rings is 2. The molecule has 0 aromatic heterocycles. The lowest BCUT2D eigenvalue weighted by Crippen LogP contribution is -2.26. The van der Waals surface area contributed by atoms with E-state index in [2.05, 4.69) is 0 Å². The van der Waals surface area contributed by atoms with Gasteiger partial charge in [-0.2, -0.15) is 0 Å². The molecule has 0 saturated carbocycles. The van der Waals surface area contributed by atoms with Gasteiger partial charge in [0.15, 0.2) is 5.78 Å². The number of ether oxygens (including phenoxy) is 1. The number of ketones is 2. The van der Waals surface area contributed by atoms with Crippen molar-refractivity contribution < 1.29 is 34.4 Å². The lowest BCUT2D eigenvalue weighted by Gasteiger charge is -2.30. The van der Waals surface area contributed by atoms with Crippen LogP contribution in [0.3, 0.4) is 0 Å². The average molecular weight is 394 g/mol. The van der Waals surface area contributed by atoms with Crippen LogP contribution in [0.1, 0.15) is 62.2 Å². The van der Waals surface area contributed by atoms with Crippen molar-refractivity contribution in [1.29, 1.82) is 0 Å². The molecule has 0 fully saturated rings. The lowest BCUT2D eigenvalue weighted by atomic mass is 9.74. The number of aromatic hydroxyl groups is 3. The highest BCUT2D eigenvalue weighted by Gasteiger charge is 2.42. The van der Waals surface area contributed by atoms with E-state index in [9.17, 15) is 29.7 Å². The summed E-state index contributed by atoms with van der Waals surface area (Å²) in [6, 6.07) is 4.05. The van der Waals surface area contributed by atoms with Crippen molar-refractivity contribution >= 4 is 17.5 Å². The molecule has 2 aliphatic carbocycles. The molecule has 1 atom stereocenters. The number of allylic oxidation sites excluding steroid dienone is 1. The second-order valence-corrected chi connectivity index (χ2v) is 6.99. The number of carbonyl (C=O) groups excluding carboxylic acids is 3. The molecule has 29 heavy (non-hydrogen) atoms. The first-order chi connectivity index (χ1) is 13.8. The Bertz CT molecular complexity index is 1140. The van der Waals surface area contributed by atoms with Crippen LogP contribution < -0.4 is 0 Å². The maximum Gasteiger partial charge on any atom is 0.317 e. The van der Waals surface area contributed by atoms with Crippen LogP contribution in [-0.4, -0.2) is 40.0 Å². The van der Waals surface area contributed by atoms with Crippen LogP contribution in [0.2, 0.25) is 0 Å². The van der Waals surface area contributed by atoms with Crippen molar-refractivity contribution in [3.05, 3.63) is 63.2 Å². The number of methoxy groups -OCH3 is 1. The van der Waals surface area contributed by atoms with E-state index in [4.69, 9.17) is 4.74 Å². The summed E-state index contributed by atoms with van der Waals surface area (Å²) in [6.07, 6.45) is 2.42. The molecule has 0 bridgehead atoms. The van der Waals surface area contributed by atoms with Gasteiger partial charge in [0.1, 0.15) is 23.2 Å². The number of phenolic OH excluding ortho intramolecular Hbond substituents is 3. The molecule has 2 aromatic rings. The predicted octanol–water partition coefficient (Wildman–Crippen LogP) is 2.73. The Labute approximate surface area is 165 Å². The van der Waals surface area contributed by atoms with Gasteiger partial charge in [-0.3, -0.25) is 14.4 Å². The van der Waals surface area contributed by atoms with Gasteiger partial charge in [-0.05, 0) is 18.9 Å². The molecule has 0 spiro atoms. The molecule has 0 heterocycles. The monoisotopic (exact) mass is 394 g/mol. The summed E-state index contributed by atoms with van der Waals surface area (Å²) in [7, 11) is 1.22. The number of hydrogen-bond donors (Lipinski definition) is 3. The van der Waals surface area contributed by atoms with Gasteiger partial charge >= 0.3 is 5.97 Å². The van der Waals surface area contributed by atoms with E-state index in [-0.39, 0.29) is 45.6 Å². The molecule has 7 heteroatoms. The highest BCUT2D eigenvalue weighted by molar-refractivity contribution is 6.31. The zero-order valence-corrected chi connectivity index (χ0v) is 15.8. The van der Waals surface area contributed by atoms with Crippen molar-refractivity contribution in [2.24, 2.45) is 0 Å². The predicted molar refractivity (Wildman–Crippen MR) is 102 cm³/mol. The fraction of sp³-hybridized carbons (Fsp3) is 0.227. The number of esters is 1. The third kappa shape index (κ3) is 2.40. The molecule has 4 rings (SSSR count). The van der Waals surface area contributed by atoms with Crippen molar-refractivity contribution in [2.45, 2.75) is 25.7 Å². The summed E-state index contributed by atoms with van der Waals surface area (Å²) >= 11 is 0. The molecule has 2 aromatic carbocycles. The van der Waals surface area contributed by atoms with Crippen molar-refractivity contribution in [3.8, 4) is 17.2 Å². The second kappa shape index (κ2) is 6.48. The fourth-order valence-corrected chi connectivity index (χ4v) is 4.25. The Morgan fingerprint density at radius 1 is 1.07 bits per heavy atom. The van der Waals surface area contributed by atoms with Gasteiger partial charge in [0, 0.05) is 16.7 Å². The molecule has 0 aliphatic heterocycles. The number of hydrogen-bond acceptors (Lipinski definition) is 7. The summed E-state index contributed by atoms with van der Waals surface area (Å²) in [5.41, 5.74) is -0.0656.